The van der Waals surface area contributed by atoms with Crippen LogP contribution in [0.2, 0.25) is 0 Å². The molecular formula is C13H10Br3NO4. The van der Waals surface area contributed by atoms with Crippen LogP contribution in [0.3, 0.4) is 0 Å². The largest absolute Gasteiger partial charge is 0.419 e. The van der Waals surface area contributed by atoms with Crippen molar-refractivity contribution >= 4 is 65.4 Å². The van der Waals surface area contributed by atoms with E-state index >= 15 is 0 Å². The minimum atomic E-state index is -1.25. The molecule has 0 unspecified atom stereocenters. The lowest BCUT2D eigenvalue weighted by Crippen LogP contribution is -2.42. The summed E-state index contributed by atoms with van der Waals surface area (Å²) in [6, 6.07) is 3.65. The molecule has 1 fully saturated rings. The third kappa shape index (κ3) is 3.87. The maximum Gasteiger partial charge on any atom is 0.350 e. The van der Waals surface area contributed by atoms with E-state index in [0.717, 1.165) is 13.4 Å². The van der Waals surface area contributed by atoms with Gasteiger partial charge in [-0.15, -0.1) is 0 Å². The second-order valence-corrected chi connectivity index (χ2v) is 7.25. The van der Waals surface area contributed by atoms with Crippen LogP contribution >= 0.6 is 47.8 Å². The molecule has 0 aromatic heterocycles. The van der Waals surface area contributed by atoms with E-state index in [9.17, 15) is 9.59 Å². The van der Waals surface area contributed by atoms with E-state index in [1.54, 1.807) is 0 Å². The van der Waals surface area contributed by atoms with Gasteiger partial charge >= 0.3 is 11.9 Å². The van der Waals surface area contributed by atoms with Crippen molar-refractivity contribution < 1.29 is 19.1 Å². The Bertz CT molecular complexity index is 610. The first kappa shape index (κ1) is 16.5. The topological polar surface area (TPSA) is 64.6 Å². The first-order chi connectivity index (χ1) is 9.69. The first-order valence-corrected chi connectivity index (χ1v) is 8.15. The van der Waals surface area contributed by atoms with Gasteiger partial charge in [0, 0.05) is 33.5 Å². The van der Waals surface area contributed by atoms with E-state index < -0.39 is 17.7 Å². The summed E-state index contributed by atoms with van der Waals surface area (Å²) in [4.78, 5) is 23.6. The van der Waals surface area contributed by atoms with Crippen molar-refractivity contribution in [3.8, 4) is 0 Å². The highest BCUT2D eigenvalue weighted by Crippen LogP contribution is 2.34. The molecule has 8 heteroatoms. The van der Waals surface area contributed by atoms with Crippen molar-refractivity contribution in [2.24, 2.45) is 0 Å². The Balaban J connectivity index is 2.26. The van der Waals surface area contributed by atoms with Gasteiger partial charge < -0.3 is 14.8 Å². The van der Waals surface area contributed by atoms with Gasteiger partial charge in [0.2, 0.25) is 0 Å². The molecule has 0 saturated carbocycles. The van der Waals surface area contributed by atoms with Gasteiger partial charge in [-0.2, -0.15) is 0 Å². The molecule has 0 atom stereocenters. The minimum Gasteiger partial charge on any atom is -0.419 e. The summed E-state index contributed by atoms with van der Waals surface area (Å²) in [5, 5.41) is 2.89. The van der Waals surface area contributed by atoms with Crippen LogP contribution in [0.15, 0.2) is 37.3 Å². The van der Waals surface area contributed by atoms with Gasteiger partial charge in [-0.25, -0.2) is 9.59 Å². The SMILES string of the molecule is CC1(C)OC(=O)C(=CNc2c(Br)cc(Br)cc2Br)C(=O)O1. The highest BCUT2D eigenvalue weighted by Gasteiger charge is 2.38. The number of hydrogen-bond donors (Lipinski definition) is 1. The molecule has 0 aliphatic carbocycles. The molecule has 21 heavy (non-hydrogen) atoms. The summed E-state index contributed by atoms with van der Waals surface area (Å²) in [7, 11) is 0. The van der Waals surface area contributed by atoms with Crippen molar-refractivity contribution in [2.45, 2.75) is 19.6 Å². The van der Waals surface area contributed by atoms with E-state index in [0.29, 0.717) is 5.69 Å². The lowest BCUT2D eigenvalue weighted by Gasteiger charge is -2.29. The van der Waals surface area contributed by atoms with Gasteiger partial charge in [0.05, 0.1) is 5.69 Å². The Labute approximate surface area is 146 Å². The molecule has 2 rings (SSSR count). The fourth-order valence-corrected chi connectivity index (χ4v) is 4.09. The molecule has 0 bridgehead atoms. The van der Waals surface area contributed by atoms with Crippen LogP contribution in [0.4, 0.5) is 5.69 Å². The van der Waals surface area contributed by atoms with Crippen LogP contribution < -0.4 is 5.32 Å². The van der Waals surface area contributed by atoms with Crippen molar-refractivity contribution in [3.63, 3.8) is 0 Å². The zero-order valence-electron chi connectivity index (χ0n) is 11.0. The van der Waals surface area contributed by atoms with Gasteiger partial charge in [0.1, 0.15) is 0 Å². The molecule has 0 amide bonds. The summed E-state index contributed by atoms with van der Waals surface area (Å²) >= 11 is 10.1. The summed E-state index contributed by atoms with van der Waals surface area (Å²) in [6.07, 6.45) is 1.26. The summed E-state index contributed by atoms with van der Waals surface area (Å²) in [5.74, 6) is -2.70. The van der Waals surface area contributed by atoms with Crippen LogP contribution in [0, 0.1) is 0 Å². The number of esters is 2. The Hall–Kier alpha value is -0.860. The molecule has 0 radical (unpaired) electrons. The number of carbonyl (C=O) groups excluding carboxylic acids is 2. The third-order valence-corrected chi connectivity index (χ3v) is 4.19. The number of nitrogens with one attached hydrogen (secondary N) is 1. The Kier molecular flexibility index (Phi) is 4.79. The molecule has 1 heterocycles. The highest BCUT2D eigenvalue weighted by molar-refractivity contribution is 9.11. The van der Waals surface area contributed by atoms with E-state index in [-0.39, 0.29) is 5.57 Å². The zero-order chi connectivity index (χ0) is 15.8. The normalized spacial score (nSPS) is 17.1. The van der Waals surface area contributed by atoms with E-state index in [2.05, 4.69) is 53.1 Å². The minimum absolute atomic E-state index is 0.198. The Morgan fingerprint density at radius 1 is 1.05 bits per heavy atom. The van der Waals surface area contributed by atoms with Gasteiger partial charge in [-0.3, -0.25) is 0 Å². The number of anilines is 1. The molecule has 1 saturated heterocycles. The van der Waals surface area contributed by atoms with E-state index in [1.165, 1.54) is 20.0 Å². The van der Waals surface area contributed by atoms with Crippen molar-refractivity contribution in [2.75, 3.05) is 5.32 Å². The van der Waals surface area contributed by atoms with Crippen LogP contribution in [0.1, 0.15) is 13.8 Å². The van der Waals surface area contributed by atoms with E-state index in [1.807, 2.05) is 12.1 Å². The predicted octanol–water partition coefficient (Wildman–Crippen LogP) is 4.11. The van der Waals surface area contributed by atoms with Gasteiger partial charge in [-0.05, 0) is 44.0 Å². The van der Waals surface area contributed by atoms with Crippen molar-refractivity contribution in [1.29, 1.82) is 0 Å². The smallest absolute Gasteiger partial charge is 0.350 e. The first-order valence-electron chi connectivity index (χ1n) is 5.77. The van der Waals surface area contributed by atoms with Crippen molar-refractivity contribution in [3.05, 3.63) is 37.3 Å². The standard InChI is InChI=1S/C13H10Br3NO4/c1-13(2)20-11(18)7(12(19)21-13)5-17-10-8(15)3-6(14)4-9(10)16/h3-5,17H,1-2H3. The maximum atomic E-state index is 11.8. The number of cyclic esters (lactones) is 2. The predicted molar refractivity (Wildman–Crippen MR) is 87.5 cm³/mol. The van der Waals surface area contributed by atoms with Gasteiger partial charge in [0.15, 0.2) is 5.57 Å². The van der Waals surface area contributed by atoms with Crippen LogP contribution in [0.5, 0.6) is 0 Å². The third-order valence-electron chi connectivity index (χ3n) is 2.48. The fraction of sp³-hybridized carbons (Fsp3) is 0.231. The van der Waals surface area contributed by atoms with Crippen LogP contribution in [-0.2, 0) is 19.1 Å². The molecule has 1 aliphatic heterocycles. The highest BCUT2D eigenvalue weighted by atomic mass is 79.9. The average molecular weight is 484 g/mol. The number of ether oxygens (including phenoxy) is 2. The monoisotopic (exact) mass is 481 g/mol. The second kappa shape index (κ2) is 6.10. The molecule has 1 aromatic rings. The molecule has 0 spiro atoms. The average Bonchev–Trinajstić information content (AvgIpc) is 2.29. The second-order valence-electron chi connectivity index (χ2n) is 4.63. The number of benzene rings is 1. The van der Waals surface area contributed by atoms with Gasteiger partial charge in [-0.1, -0.05) is 15.9 Å². The molecule has 5 nitrogen and oxygen atoms in total. The Morgan fingerprint density at radius 2 is 1.52 bits per heavy atom. The van der Waals surface area contributed by atoms with Crippen molar-refractivity contribution in [1.82, 2.24) is 0 Å². The molecule has 112 valence electrons. The van der Waals surface area contributed by atoms with Gasteiger partial charge in [0.25, 0.3) is 5.79 Å². The zero-order valence-corrected chi connectivity index (χ0v) is 15.8. The molecule has 1 aliphatic rings. The molecule has 1 N–H and O–H groups in total. The lowest BCUT2D eigenvalue weighted by molar-refractivity contribution is -0.222. The number of carbonyl (C=O) groups is 2. The fourth-order valence-electron chi connectivity index (χ4n) is 1.60. The number of halogens is 3. The quantitative estimate of drug-likeness (QED) is 0.390. The number of hydrogen-bond acceptors (Lipinski definition) is 5. The van der Waals surface area contributed by atoms with Crippen LogP contribution in [0.25, 0.3) is 0 Å². The molecular weight excluding hydrogens is 474 g/mol. The number of rotatable bonds is 2. The van der Waals surface area contributed by atoms with Crippen LogP contribution in [-0.4, -0.2) is 17.7 Å². The Morgan fingerprint density at radius 3 is 2.00 bits per heavy atom. The summed E-state index contributed by atoms with van der Waals surface area (Å²) in [6.45, 7) is 2.99. The summed E-state index contributed by atoms with van der Waals surface area (Å²) < 4.78 is 12.4. The summed E-state index contributed by atoms with van der Waals surface area (Å²) in [5.41, 5.74) is 0.465. The van der Waals surface area contributed by atoms with E-state index in [4.69, 9.17) is 9.47 Å². The molecule has 1 aromatic carbocycles. The maximum absolute atomic E-state index is 11.8. The lowest BCUT2D eigenvalue weighted by atomic mass is 10.2.